The van der Waals surface area contributed by atoms with Gasteiger partial charge in [0, 0.05) is 17.7 Å². The Morgan fingerprint density at radius 1 is 0.846 bits per heavy atom. The number of carbonyl (C=O) groups is 1. The van der Waals surface area contributed by atoms with Gasteiger partial charge in [0.05, 0.1) is 4.90 Å². The molecule has 0 saturated carbocycles. The smallest absolute Gasteiger partial charge is 0.262 e. The van der Waals surface area contributed by atoms with Crippen molar-refractivity contribution in [2.75, 3.05) is 4.72 Å². The molecule has 1 N–H and O–H groups in total. The van der Waals surface area contributed by atoms with Gasteiger partial charge in [-0.05, 0) is 93.1 Å². The van der Waals surface area contributed by atoms with E-state index in [0.29, 0.717) is 22.6 Å². The third-order valence-electron chi connectivity index (χ3n) is 5.14. The van der Waals surface area contributed by atoms with Gasteiger partial charge in [-0.15, -0.1) is 0 Å². The normalized spacial score (nSPS) is 11.5. The molecule has 2 rings (SSSR count). The summed E-state index contributed by atoms with van der Waals surface area (Å²) in [5, 5.41) is 0. The van der Waals surface area contributed by atoms with Crippen LogP contribution in [0.4, 0.5) is 5.69 Å². The molecule has 26 heavy (non-hydrogen) atoms. The summed E-state index contributed by atoms with van der Waals surface area (Å²) in [6.45, 7) is 11.6. The van der Waals surface area contributed by atoms with Gasteiger partial charge in [0.1, 0.15) is 0 Å². The first-order valence-corrected chi connectivity index (χ1v) is 10.3. The molecule has 2 aromatic rings. The Morgan fingerprint density at radius 3 is 1.77 bits per heavy atom. The predicted molar refractivity (Wildman–Crippen MR) is 107 cm³/mol. The van der Waals surface area contributed by atoms with E-state index in [-0.39, 0.29) is 5.78 Å². The number of hydrogen-bond acceptors (Lipinski definition) is 3. The van der Waals surface area contributed by atoms with Crippen molar-refractivity contribution in [3.05, 3.63) is 57.6 Å². The van der Waals surface area contributed by atoms with Gasteiger partial charge in [0.25, 0.3) is 10.0 Å². The SMILES string of the molecule is CCCC(=O)c1ccc(NS(=O)(=O)c2c(C)c(C)c(C)c(C)c2C)cc1. The first-order valence-electron chi connectivity index (χ1n) is 8.83. The van der Waals surface area contributed by atoms with Crippen LogP contribution in [0, 0.1) is 34.6 Å². The van der Waals surface area contributed by atoms with Crippen LogP contribution in [-0.4, -0.2) is 14.2 Å². The summed E-state index contributed by atoms with van der Waals surface area (Å²) in [6.07, 6.45) is 1.28. The zero-order valence-corrected chi connectivity index (χ0v) is 17.2. The molecule has 0 unspecified atom stereocenters. The lowest BCUT2D eigenvalue weighted by Gasteiger charge is -2.19. The molecule has 0 fully saturated rings. The Hall–Kier alpha value is -2.14. The zero-order chi connectivity index (χ0) is 19.6. The maximum absolute atomic E-state index is 13.0. The molecule has 0 aliphatic carbocycles. The molecule has 140 valence electrons. The van der Waals surface area contributed by atoms with Crippen molar-refractivity contribution in [3.8, 4) is 0 Å². The molecule has 0 heterocycles. The van der Waals surface area contributed by atoms with Gasteiger partial charge in [-0.25, -0.2) is 8.42 Å². The summed E-state index contributed by atoms with van der Waals surface area (Å²) in [4.78, 5) is 12.3. The molecule has 0 saturated heterocycles. The fraction of sp³-hybridized carbons (Fsp3) is 0.381. The van der Waals surface area contributed by atoms with Gasteiger partial charge >= 0.3 is 0 Å². The Bertz CT molecular complexity index is 913. The molecule has 0 radical (unpaired) electrons. The van der Waals surface area contributed by atoms with Crippen LogP contribution < -0.4 is 4.72 Å². The van der Waals surface area contributed by atoms with Crippen molar-refractivity contribution < 1.29 is 13.2 Å². The molecular weight excluding hydrogens is 346 g/mol. The number of hydrogen-bond donors (Lipinski definition) is 1. The summed E-state index contributed by atoms with van der Waals surface area (Å²) >= 11 is 0. The van der Waals surface area contributed by atoms with Gasteiger partial charge in [-0.1, -0.05) is 6.92 Å². The highest BCUT2D eigenvalue weighted by atomic mass is 32.2. The summed E-state index contributed by atoms with van der Waals surface area (Å²) in [7, 11) is -3.71. The van der Waals surface area contributed by atoms with Crippen molar-refractivity contribution in [1.29, 1.82) is 0 Å². The van der Waals surface area contributed by atoms with Crippen LogP contribution in [0.3, 0.4) is 0 Å². The molecule has 0 aliphatic rings. The van der Waals surface area contributed by atoms with E-state index in [2.05, 4.69) is 4.72 Å². The summed E-state index contributed by atoms with van der Waals surface area (Å²) < 4.78 is 28.7. The second-order valence-corrected chi connectivity index (χ2v) is 8.43. The molecule has 0 amide bonds. The minimum atomic E-state index is -3.71. The van der Waals surface area contributed by atoms with E-state index >= 15 is 0 Å². The van der Waals surface area contributed by atoms with Gasteiger partial charge in [0.2, 0.25) is 0 Å². The number of rotatable bonds is 6. The van der Waals surface area contributed by atoms with E-state index in [4.69, 9.17) is 0 Å². The van der Waals surface area contributed by atoms with E-state index in [1.807, 2.05) is 41.5 Å². The largest absolute Gasteiger partial charge is 0.294 e. The van der Waals surface area contributed by atoms with Crippen LogP contribution in [0.25, 0.3) is 0 Å². The Morgan fingerprint density at radius 2 is 1.31 bits per heavy atom. The average molecular weight is 374 g/mol. The van der Waals surface area contributed by atoms with Gasteiger partial charge in [0.15, 0.2) is 5.78 Å². The fourth-order valence-corrected chi connectivity index (χ4v) is 4.83. The van der Waals surface area contributed by atoms with Crippen molar-refractivity contribution >= 4 is 21.5 Å². The Kier molecular flexibility index (Phi) is 5.91. The number of sulfonamides is 1. The number of nitrogens with one attached hydrogen (secondary N) is 1. The number of Topliss-reactive ketones (excluding diaryl/α,β-unsaturated/α-hetero) is 1. The van der Waals surface area contributed by atoms with Crippen LogP contribution in [0.1, 0.15) is 57.9 Å². The number of anilines is 1. The molecule has 2 aromatic carbocycles. The van der Waals surface area contributed by atoms with Crippen LogP contribution in [-0.2, 0) is 10.0 Å². The van der Waals surface area contributed by atoms with Crippen LogP contribution in [0.2, 0.25) is 0 Å². The van der Waals surface area contributed by atoms with E-state index in [0.717, 1.165) is 34.2 Å². The van der Waals surface area contributed by atoms with Crippen molar-refractivity contribution in [1.82, 2.24) is 0 Å². The monoisotopic (exact) mass is 373 g/mol. The van der Waals surface area contributed by atoms with E-state index in [1.54, 1.807) is 24.3 Å². The van der Waals surface area contributed by atoms with Crippen molar-refractivity contribution in [2.45, 2.75) is 59.3 Å². The quantitative estimate of drug-likeness (QED) is 0.724. The lowest BCUT2D eigenvalue weighted by molar-refractivity contribution is 0.0982. The molecule has 5 heteroatoms. The number of carbonyl (C=O) groups excluding carboxylic acids is 1. The lowest BCUT2D eigenvalue weighted by Crippen LogP contribution is -2.17. The predicted octanol–water partition coefficient (Wildman–Crippen LogP) is 5.01. The van der Waals surface area contributed by atoms with Gasteiger partial charge in [-0.3, -0.25) is 9.52 Å². The van der Waals surface area contributed by atoms with Crippen LogP contribution in [0.15, 0.2) is 29.2 Å². The van der Waals surface area contributed by atoms with Crippen molar-refractivity contribution in [3.63, 3.8) is 0 Å². The molecule has 4 nitrogen and oxygen atoms in total. The highest BCUT2D eigenvalue weighted by Gasteiger charge is 2.23. The third-order valence-corrected chi connectivity index (χ3v) is 6.79. The molecule has 0 spiro atoms. The zero-order valence-electron chi connectivity index (χ0n) is 16.4. The second kappa shape index (κ2) is 7.62. The third kappa shape index (κ3) is 3.83. The molecule has 0 aromatic heterocycles. The molecular formula is C21H27NO3S. The molecule has 0 bridgehead atoms. The van der Waals surface area contributed by atoms with E-state index in [1.165, 1.54) is 0 Å². The lowest BCUT2D eigenvalue weighted by atomic mass is 9.95. The first-order chi connectivity index (χ1) is 12.1. The van der Waals surface area contributed by atoms with Gasteiger partial charge in [-0.2, -0.15) is 0 Å². The van der Waals surface area contributed by atoms with Crippen LogP contribution in [0.5, 0.6) is 0 Å². The van der Waals surface area contributed by atoms with Crippen molar-refractivity contribution in [2.24, 2.45) is 0 Å². The standard InChI is InChI=1S/C21H27NO3S/c1-7-8-20(23)18-9-11-19(12-10-18)22-26(24,25)21-16(5)14(3)13(2)15(4)17(21)6/h9-12,22H,7-8H2,1-6H3. The number of benzene rings is 2. The Balaban J connectivity index is 2.40. The highest BCUT2D eigenvalue weighted by Crippen LogP contribution is 2.30. The van der Waals surface area contributed by atoms with E-state index in [9.17, 15) is 13.2 Å². The maximum atomic E-state index is 13.0. The van der Waals surface area contributed by atoms with Crippen LogP contribution >= 0.6 is 0 Å². The fourth-order valence-electron chi connectivity index (χ4n) is 3.17. The summed E-state index contributed by atoms with van der Waals surface area (Å²) in [5.74, 6) is 0.0679. The second-order valence-electron chi connectivity index (χ2n) is 6.81. The number of ketones is 1. The summed E-state index contributed by atoms with van der Waals surface area (Å²) in [6, 6.07) is 6.61. The highest BCUT2D eigenvalue weighted by molar-refractivity contribution is 7.92. The average Bonchev–Trinajstić information content (AvgIpc) is 2.58. The Labute approximate surface area is 156 Å². The van der Waals surface area contributed by atoms with E-state index < -0.39 is 10.0 Å². The molecule has 0 atom stereocenters. The summed E-state index contributed by atoms with van der Waals surface area (Å²) in [5.41, 5.74) is 5.71. The first kappa shape index (κ1) is 20.2. The maximum Gasteiger partial charge on any atom is 0.262 e. The molecule has 0 aliphatic heterocycles. The minimum absolute atomic E-state index is 0.0679. The topological polar surface area (TPSA) is 63.2 Å². The van der Waals surface area contributed by atoms with Gasteiger partial charge < -0.3 is 0 Å². The minimum Gasteiger partial charge on any atom is -0.294 e.